The number of carbonyl (C=O) groups excluding carboxylic acids is 2. The highest BCUT2D eigenvalue weighted by Crippen LogP contribution is 2.27. The molecule has 0 spiro atoms. The Balaban J connectivity index is 0.00000364. The van der Waals surface area contributed by atoms with Gasteiger partial charge in [-0.05, 0) is 44.4 Å². The average Bonchev–Trinajstić information content (AvgIpc) is 2.67. The maximum Gasteiger partial charge on any atom is 0.253 e. The Morgan fingerprint density at radius 3 is 2.59 bits per heavy atom. The van der Waals surface area contributed by atoms with Crippen LogP contribution < -0.4 is 15.4 Å². The Morgan fingerprint density at radius 1 is 1.19 bits per heavy atom. The SMILES string of the molecule is CCOc1ccc(C(=O)N2CCCCC2)cc1NC(=O)CNCCOC.Cl. The minimum absolute atomic E-state index is 0. The molecule has 2 N–H and O–H groups in total. The van der Waals surface area contributed by atoms with Crippen LogP contribution in [0.3, 0.4) is 0 Å². The number of piperidine rings is 1. The second kappa shape index (κ2) is 12.5. The normalized spacial score (nSPS) is 13.6. The molecule has 0 radical (unpaired) electrons. The number of carbonyl (C=O) groups is 2. The van der Waals surface area contributed by atoms with Crippen molar-refractivity contribution in [2.24, 2.45) is 0 Å². The third kappa shape index (κ3) is 7.36. The first-order valence-corrected chi connectivity index (χ1v) is 9.21. The minimum atomic E-state index is -0.190. The number of nitrogens with zero attached hydrogens (tertiary/aromatic N) is 1. The van der Waals surface area contributed by atoms with Crippen LogP contribution in [0.5, 0.6) is 5.75 Å². The first-order chi connectivity index (χ1) is 12.7. The Labute approximate surface area is 167 Å². The molecule has 2 amide bonds. The first-order valence-electron chi connectivity index (χ1n) is 9.21. The van der Waals surface area contributed by atoms with Gasteiger partial charge in [-0.1, -0.05) is 0 Å². The summed E-state index contributed by atoms with van der Waals surface area (Å²) in [7, 11) is 1.61. The minimum Gasteiger partial charge on any atom is -0.492 e. The van der Waals surface area contributed by atoms with Crippen LogP contribution in [0.25, 0.3) is 0 Å². The van der Waals surface area contributed by atoms with E-state index < -0.39 is 0 Å². The fourth-order valence-corrected chi connectivity index (χ4v) is 2.89. The van der Waals surface area contributed by atoms with Crippen molar-refractivity contribution in [2.45, 2.75) is 26.2 Å². The van der Waals surface area contributed by atoms with Crippen molar-refractivity contribution in [1.29, 1.82) is 0 Å². The van der Waals surface area contributed by atoms with E-state index in [4.69, 9.17) is 9.47 Å². The quantitative estimate of drug-likeness (QED) is 0.623. The van der Waals surface area contributed by atoms with Gasteiger partial charge in [0.15, 0.2) is 0 Å². The van der Waals surface area contributed by atoms with E-state index >= 15 is 0 Å². The number of amides is 2. The molecule has 1 heterocycles. The Hall–Kier alpha value is -1.83. The van der Waals surface area contributed by atoms with Crippen LogP contribution in [-0.2, 0) is 9.53 Å². The summed E-state index contributed by atoms with van der Waals surface area (Å²) < 4.78 is 10.5. The molecule has 152 valence electrons. The van der Waals surface area contributed by atoms with Gasteiger partial charge in [0.2, 0.25) is 5.91 Å². The number of anilines is 1. The number of likely N-dealkylation sites (tertiary alicyclic amines) is 1. The lowest BCUT2D eigenvalue weighted by Gasteiger charge is -2.27. The number of hydrogen-bond donors (Lipinski definition) is 2. The van der Waals surface area contributed by atoms with Crippen LogP contribution >= 0.6 is 12.4 Å². The number of nitrogens with one attached hydrogen (secondary N) is 2. The van der Waals surface area contributed by atoms with Gasteiger partial charge in [-0.15, -0.1) is 12.4 Å². The zero-order valence-corrected chi connectivity index (χ0v) is 16.9. The number of methoxy groups -OCH3 is 1. The van der Waals surface area contributed by atoms with Crippen molar-refractivity contribution in [1.82, 2.24) is 10.2 Å². The van der Waals surface area contributed by atoms with E-state index in [9.17, 15) is 9.59 Å². The molecule has 8 heteroatoms. The number of benzene rings is 1. The Bertz CT molecular complexity index is 607. The van der Waals surface area contributed by atoms with E-state index in [0.29, 0.717) is 36.8 Å². The zero-order valence-electron chi connectivity index (χ0n) is 16.1. The lowest BCUT2D eigenvalue weighted by atomic mass is 10.1. The van der Waals surface area contributed by atoms with Crippen molar-refractivity contribution in [2.75, 3.05) is 51.8 Å². The summed E-state index contributed by atoms with van der Waals surface area (Å²) in [5.41, 5.74) is 1.09. The topological polar surface area (TPSA) is 79.9 Å². The molecule has 1 aromatic carbocycles. The molecular formula is C19H30ClN3O4. The number of ether oxygens (including phenoxy) is 2. The highest BCUT2D eigenvalue weighted by atomic mass is 35.5. The van der Waals surface area contributed by atoms with Crippen molar-refractivity contribution in [3.63, 3.8) is 0 Å². The summed E-state index contributed by atoms with van der Waals surface area (Å²) >= 11 is 0. The van der Waals surface area contributed by atoms with E-state index in [1.165, 1.54) is 6.42 Å². The number of hydrogen-bond acceptors (Lipinski definition) is 5. The molecule has 0 bridgehead atoms. The molecule has 1 aromatic rings. The molecule has 0 aliphatic carbocycles. The van der Waals surface area contributed by atoms with Crippen LogP contribution in [-0.4, -0.2) is 63.2 Å². The lowest BCUT2D eigenvalue weighted by Crippen LogP contribution is -2.35. The van der Waals surface area contributed by atoms with E-state index in [0.717, 1.165) is 25.9 Å². The van der Waals surface area contributed by atoms with Crippen LogP contribution in [0.2, 0.25) is 0 Å². The number of halogens is 1. The molecule has 27 heavy (non-hydrogen) atoms. The second-order valence-electron chi connectivity index (χ2n) is 6.21. The second-order valence-corrected chi connectivity index (χ2v) is 6.21. The highest BCUT2D eigenvalue weighted by molar-refractivity contribution is 5.98. The van der Waals surface area contributed by atoms with Crippen LogP contribution in [0.15, 0.2) is 18.2 Å². The summed E-state index contributed by atoms with van der Waals surface area (Å²) in [6.07, 6.45) is 3.25. The maximum atomic E-state index is 12.7. The molecule has 0 unspecified atom stereocenters. The van der Waals surface area contributed by atoms with E-state index in [1.807, 2.05) is 11.8 Å². The molecule has 1 saturated heterocycles. The Kier molecular flexibility index (Phi) is 10.8. The predicted molar refractivity (Wildman–Crippen MR) is 108 cm³/mol. The monoisotopic (exact) mass is 399 g/mol. The largest absolute Gasteiger partial charge is 0.492 e. The maximum absolute atomic E-state index is 12.7. The lowest BCUT2D eigenvalue weighted by molar-refractivity contribution is -0.115. The van der Waals surface area contributed by atoms with Gasteiger partial charge in [0.1, 0.15) is 5.75 Å². The average molecular weight is 400 g/mol. The molecule has 1 fully saturated rings. The number of rotatable bonds is 9. The fraction of sp³-hybridized carbons (Fsp3) is 0.579. The Morgan fingerprint density at radius 2 is 1.93 bits per heavy atom. The molecule has 0 aromatic heterocycles. The van der Waals surface area contributed by atoms with Crippen LogP contribution in [0, 0.1) is 0 Å². The van der Waals surface area contributed by atoms with Crippen LogP contribution in [0.4, 0.5) is 5.69 Å². The molecule has 0 atom stereocenters. The van der Waals surface area contributed by atoms with Crippen molar-refractivity contribution in [3.8, 4) is 5.75 Å². The third-order valence-corrected chi connectivity index (χ3v) is 4.21. The van der Waals surface area contributed by atoms with Gasteiger partial charge in [-0.2, -0.15) is 0 Å². The summed E-state index contributed by atoms with van der Waals surface area (Å²) in [6.45, 7) is 5.24. The van der Waals surface area contributed by atoms with E-state index in [-0.39, 0.29) is 30.8 Å². The van der Waals surface area contributed by atoms with E-state index in [1.54, 1.807) is 25.3 Å². The van der Waals surface area contributed by atoms with E-state index in [2.05, 4.69) is 10.6 Å². The molecule has 0 saturated carbocycles. The molecule has 7 nitrogen and oxygen atoms in total. The summed E-state index contributed by atoms with van der Waals surface area (Å²) in [5, 5.41) is 5.83. The molecule has 1 aliphatic heterocycles. The van der Waals surface area contributed by atoms with Crippen molar-refractivity contribution in [3.05, 3.63) is 23.8 Å². The van der Waals surface area contributed by atoms with Gasteiger partial charge in [0.05, 0.1) is 25.4 Å². The summed E-state index contributed by atoms with van der Waals surface area (Å²) in [4.78, 5) is 26.7. The van der Waals surface area contributed by atoms with Crippen molar-refractivity contribution >= 4 is 29.9 Å². The predicted octanol–water partition coefficient (Wildman–Crippen LogP) is 2.31. The van der Waals surface area contributed by atoms with Crippen LogP contribution in [0.1, 0.15) is 36.5 Å². The smallest absolute Gasteiger partial charge is 0.253 e. The molecule has 2 rings (SSSR count). The van der Waals surface area contributed by atoms with Gasteiger partial charge in [0, 0.05) is 32.3 Å². The van der Waals surface area contributed by atoms with Crippen molar-refractivity contribution < 1.29 is 19.1 Å². The zero-order chi connectivity index (χ0) is 18.8. The van der Waals surface area contributed by atoms with Gasteiger partial charge in [-0.3, -0.25) is 9.59 Å². The van der Waals surface area contributed by atoms with Gasteiger partial charge < -0.3 is 25.0 Å². The highest BCUT2D eigenvalue weighted by Gasteiger charge is 2.20. The van der Waals surface area contributed by atoms with Gasteiger partial charge >= 0.3 is 0 Å². The summed E-state index contributed by atoms with van der Waals surface area (Å²) in [6, 6.07) is 5.21. The molecule has 1 aliphatic rings. The standard InChI is InChI=1S/C19H29N3O4.ClH/c1-3-26-17-8-7-15(19(24)22-10-5-4-6-11-22)13-16(17)21-18(23)14-20-9-12-25-2;/h7-8,13,20H,3-6,9-12,14H2,1-2H3,(H,21,23);1H. The third-order valence-electron chi connectivity index (χ3n) is 4.21. The van der Waals surface area contributed by atoms with Gasteiger partial charge in [0.25, 0.3) is 5.91 Å². The van der Waals surface area contributed by atoms with Gasteiger partial charge in [-0.25, -0.2) is 0 Å². The fourth-order valence-electron chi connectivity index (χ4n) is 2.89. The summed E-state index contributed by atoms with van der Waals surface area (Å²) in [5.74, 6) is 0.374. The molecular weight excluding hydrogens is 370 g/mol. The first kappa shape index (κ1) is 23.2.